The van der Waals surface area contributed by atoms with Crippen LogP contribution in [0.5, 0.6) is 0 Å². The predicted molar refractivity (Wildman–Crippen MR) is 102 cm³/mol. The Kier molecular flexibility index (Phi) is 4.46. The van der Waals surface area contributed by atoms with Crippen molar-refractivity contribution in [3.63, 3.8) is 0 Å². The third-order valence-electron chi connectivity index (χ3n) is 4.52. The predicted octanol–water partition coefficient (Wildman–Crippen LogP) is 3.50. The van der Waals surface area contributed by atoms with E-state index >= 15 is 0 Å². The number of pyridine rings is 1. The fourth-order valence-electron chi connectivity index (χ4n) is 3.10. The molecule has 2 aliphatic heterocycles. The van der Waals surface area contributed by atoms with E-state index in [1.54, 1.807) is 18.2 Å². The average molecular weight is 395 g/mol. The van der Waals surface area contributed by atoms with Crippen LogP contribution in [0.2, 0.25) is 0 Å². The number of rotatable bonds is 3. The van der Waals surface area contributed by atoms with E-state index in [4.69, 9.17) is 4.74 Å². The van der Waals surface area contributed by atoms with Crippen LogP contribution in [0, 0.1) is 18.6 Å². The maximum Gasteiger partial charge on any atom is 0.341 e. The van der Waals surface area contributed by atoms with Crippen molar-refractivity contribution in [1.82, 2.24) is 14.3 Å². The minimum Gasteiger partial charge on any atom is -0.465 e. The Labute approximate surface area is 163 Å². The molecule has 0 N–H and O–H groups in total. The molecule has 0 spiro atoms. The first-order chi connectivity index (χ1) is 13.9. The molecule has 0 fully saturated rings. The summed E-state index contributed by atoms with van der Waals surface area (Å²) < 4.78 is 34.4. The third-order valence-corrected chi connectivity index (χ3v) is 4.52. The summed E-state index contributed by atoms with van der Waals surface area (Å²) >= 11 is 0. The number of aromatic nitrogens is 3. The van der Waals surface area contributed by atoms with Crippen molar-refractivity contribution in [2.45, 2.75) is 6.92 Å². The van der Waals surface area contributed by atoms with Crippen LogP contribution < -0.4 is 5.56 Å². The number of carbonyl (C=O) groups excluding carboxylic acids is 1. The van der Waals surface area contributed by atoms with E-state index in [1.807, 2.05) is 13.0 Å². The summed E-state index contributed by atoms with van der Waals surface area (Å²) in [5, 5.41) is 4.31. The molecule has 2 aromatic carbocycles. The second kappa shape index (κ2) is 6.97. The lowest BCUT2D eigenvalue weighted by molar-refractivity contribution is 0.0600. The van der Waals surface area contributed by atoms with E-state index < -0.39 is 23.2 Å². The number of halogens is 2. The Hall–Kier alpha value is -3.81. The summed E-state index contributed by atoms with van der Waals surface area (Å²) in [5.74, 6) is -2.76. The number of fused-ring (bicyclic) bond motifs is 1. The molecule has 29 heavy (non-hydrogen) atoms. The van der Waals surface area contributed by atoms with Gasteiger partial charge < -0.3 is 9.30 Å². The number of ether oxygens (including phenoxy) is 1. The molecule has 8 heteroatoms. The Morgan fingerprint density at radius 3 is 2.52 bits per heavy atom. The van der Waals surface area contributed by atoms with Gasteiger partial charge in [-0.15, -0.1) is 0 Å². The summed E-state index contributed by atoms with van der Waals surface area (Å²) in [6, 6.07) is 10.5. The number of aryl methyl sites for hydroxylation is 1. The normalized spacial score (nSPS) is 11.0. The maximum atomic E-state index is 13.7. The lowest BCUT2D eigenvalue weighted by atomic mass is 10.1. The van der Waals surface area contributed by atoms with Gasteiger partial charge >= 0.3 is 5.97 Å². The van der Waals surface area contributed by atoms with E-state index in [0.29, 0.717) is 5.69 Å². The molecule has 0 saturated heterocycles. The number of benzene rings is 2. The van der Waals surface area contributed by atoms with Gasteiger partial charge in [-0.25, -0.2) is 13.6 Å². The number of hydrogen-bond donors (Lipinski definition) is 0. The molecule has 2 aliphatic rings. The second-order valence-corrected chi connectivity index (χ2v) is 6.49. The largest absolute Gasteiger partial charge is 0.465 e. The molecule has 2 heterocycles. The fourth-order valence-corrected chi connectivity index (χ4v) is 3.10. The standard InChI is InChI=1S/C21H15F2N3O3/c1-12-4-3-5-14(8-12)26-20(27)15-10-25(13-6-7-17(22)18(23)9-13)11-16(19(15)24-26)21(28)29-2/h3-11H,1-2H3. The van der Waals surface area contributed by atoms with Gasteiger partial charge in [0.05, 0.1) is 18.4 Å². The van der Waals surface area contributed by atoms with Crippen LogP contribution in [0.25, 0.3) is 22.6 Å². The van der Waals surface area contributed by atoms with Crippen LogP contribution in [0.4, 0.5) is 8.78 Å². The Bertz CT molecular complexity index is 1280. The fraction of sp³-hybridized carbons (Fsp3) is 0.0952. The van der Waals surface area contributed by atoms with Crippen molar-refractivity contribution in [3.8, 4) is 22.6 Å². The number of esters is 1. The van der Waals surface area contributed by atoms with E-state index in [1.165, 1.54) is 34.8 Å². The summed E-state index contributed by atoms with van der Waals surface area (Å²) in [4.78, 5) is 25.3. The van der Waals surface area contributed by atoms with Crippen molar-refractivity contribution in [2.75, 3.05) is 7.11 Å². The smallest absolute Gasteiger partial charge is 0.341 e. The second-order valence-electron chi connectivity index (χ2n) is 6.49. The molecule has 0 aromatic heterocycles. The number of carbonyl (C=O) groups is 1. The molecule has 4 rings (SSSR count). The van der Waals surface area contributed by atoms with Crippen molar-refractivity contribution in [2.24, 2.45) is 0 Å². The molecule has 0 bridgehead atoms. The van der Waals surface area contributed by atoms with Gasteiger partial charge in [0.2, 0.25) is 0 Å². The molecule has 0 saturated carbocycles. The van der Waals surface area contributed by atoms with E-state index in [-0.39, 0.29) is 22.5 Å². The van der Waals surface area contributed by atoms with Gasteiger partial charge in [-0.1, -0.05) is 12.1 Å². The van der Waals surface area contributed by atoms with Gasteiger partial charge in [0.15, 0.2) is 11.6 Å². The minimum absolute atomic E-state index is 0.0261. The zero-order valence-corrected chi connectivity index (χ0v) is 15.5. The van der Waals surface area contributed by atoms with Crippen LogP contribution in [-0.4, -0.2) is 27.4 Å². The lowest BCUT2D eigenvalue weighted by Gasteiger charge is -2.12. The summed E-state index contributed by atoms with van der Waals surface area (Å²) in [7, 11) is 1.21. The topological polar surface area (TPSA) is 66.1 Å². The third kappa shape index (κ3) is 3.18. The molecular formula is C21H15F2N3O3. The molecule has 146 valence electrons. The number of nitrogens with zero attached hydrogens (tertiary/aromatic N) is 3. The first-order valence-electron chi connectivity index (χ1n) is 8.65. The van der Waals surface area contributed by atoms with Gasteiger partial charge in [0, 0.05) is 24.1 Å². The van der Waals surface area contributed by atoms with Crippen LogP contribution in [-0.2, 0) is 4.74 Å². The van der Waals surface area contributed by atoms with Crippen LogP contribution in [0.3, 0.4) is 0 Å². The Morgan fingerprint density at radius 1 is 1.03 bits per heavy atom. The Morgan fingerprint density at radius 2 is 1.83 bits per heavy atom. The summed E-state index contributed by atoms with van der Waals surface area (Å²) in [6.07, 6.45) is 2.80. The maximum absolute atomic E-state index is 13.7. The van der Waals surface area contributed by atoms with E-state index in [9.17, 15) is 18.4 Å². The highest BCUT2D eigenvalue weighted by Gasteiger charge is 2.25. The zero-order chi connectivity index (χ0) is 20.7. The van der Waals surface area contributed by atoms with Gasteiger partial charge in [0.25, 0.3) is 5.56 Å². The highest BCUT2D eigenvalue weighted by Crippen LogP contribution is 2.25. The number of hydrogen-bond acceptors (Lipinski definition) is 4. The molecule has 2 aromatic rings. The van der Waals surface area contributed by atoms with Crippen LogP contribution in [0.1, 0.15) is 15.9 Å². The van der Waals surface area contributed by atoms with Gasteiger partial charge in [-0.05, 0) is 36.8 Å². The summed E-state index contributed by atoms with van der Waals surface area (Å²) in [6.45, 7) is 1.88. The van der Waals surface area contributed by atoms with Crippen molar-refractivity contribution in [1.29, 1.82) is 0 Å². The van der Waals surface area contributed by atoms with E-state index in [2.05, 4.69) is 5.10 Å². The minimum atomic E-state index is -1.05. The van der Waals surface area contributed by atoms with E-state index in [0.717, 1.165) is 17.7 Å². The van der Waals surface area contributed by atoms with Crippen molar-refractivity contribution in [3.05, 3.63) is 88.0 Å². The van der Waals surface area contributed by atoms with Crippen molar-refractivity contribution >= 4 is 5.97 Å². The SMILES string of the molecule is COC(=O)c1cn(-c2ccc(F)c(F)c2)cc2c(=O)n(-c3cccc(C)c3)nc1-2. The quantitative estimate of drug-likeness (QED) is 0.498. The average Bonchev–Trinajstić information content (AvgIpc) is 3.05. The molecule has 0 radical (unpaired) electrons. The zero-order valence-electron chi connectivity index (χ0n) is 15.5. The van der Waals surface area contributed by atoms with Gasteiger partial charge in [0.1, 0.15) is 11.3 Å². The van der Waals surface area contributed by atoms with Crippen LogP contribution in [0.15, 0.2) is 59.7 Å². The van der Waals surface area contributed by atoms with Crippen molar-refractivity contribution < 1.29 is 18.3 Å². The Balaban J connectivity index is 2.00. The van der Waals surface area contributed by atoms with Crippen LogP contribution >= 0.6 is 0 Å². The lowest BCUT2D eigenvalue weighted by Crippen LogP contribution is -2.15. The molecule has 0 unspecified atom stereocenters. The summed E-state index contributed by atoms with van der Waals surface area (Å²) in [5.41, 5.74) is 1.58. The first kappa shape index (κ1) is 18.5. The highest BCUT2D eigenvalue weighted by atomic mass is 19.2. The molecule has 6 nitrogen and oxygen atoms in total. The number of methoxy groups -OCH3 is 1. The molecule has 0 amide bonds. The van der Waals surface area contributed by atoms with Gasteiger partial charge in [-0.2, -0.15) is 9.78 Å². The molecule has 0 aliphatic carbocycles. The molecule has 0 atom stereocenters. The monoisotopic (exact) mass is 395 g/mol. The first-order valence-corrected chi connectivity index (χ1v) is 8.65. The molecular weight excluding hydrogens is 380 g/mol. The highest BCUT2D eigenvalue weighted by molar-refractivity contribution is 5.96. The van der Waals surface area contributed by atoms with Gasteiger partial charge in [-0.3, -0.25) is 4.79 Å².